The Bertz CT molecular complexity index is 809. The second-order valence-electron chi connectivity index (χ2n) is 4.70. The van der Waals surface area contributed by atoms with Gasteiger partial charge in [-0.3, -0.25) is 0 Å². The SMILES string of the molecule is Nc1nc(-c2cccc(-c3ccccc3C(F)(F)F)c2)co1. The van der Waals surface area contributed by atoms with Crippen molar-refractivity contribution in [2.45, 2.75) is 6.18 Å². The van der Waals surface area contributed by atoms with Crippen molar-refractivity contribution in [2.75, 3.05) is 5.73 Å². The highest BCUT2D eigenvalue weighted by Gasteiger charge is 2.33. The average molecular weight is 304 g/mol. The lowest BCUT2D eigenvalue weighted by molar-refractivity contribution is -0.137. The molecule has 1 heterocycles. The molecule has 0 atom stereocenters. The molecule has 0 aliphatic heterocycles. The lowest BCUT2D eigenvalue weighted by atomic mass is 9.97. The topological polar surface area (TPSA) is 52.0 Å². The van der Waals surface area contributed by atoms with Gasteiger partial charge in [0, 0.05) is 5.56 Å². The number of alkyl halides is 3. The standard InChI is InChI=1S/C16H11F3N2O/c17-16(18,19)13-7-2-1-6-12(13)10-4-3-5-11(8-10)14-9-22-15(20)21-14/h1-9H,(H2,20,21). The van der Waals surface area contributed by atoms with Crippen molar-refractivity contribution in [3.8, 4) is 22.4 Å². The zero-order valence-electron chi connectivity index (χ0n) is 11.3. The summed E-state index contributed by atoms with van der Waals surface area (Å²) in [5.41, 5.74) is 6.43. The summed E-state index contributed by atoms with van der Waals surface area (Å²) in [4.78, 5) is 3.98. The third-order valence-corrected chi connectivity index (χ3v) is 3.22. The first-order valence-corrected chi connectivity index (χ1v) is 6.43. The Hall–Kier alpha value is -2.76. The van der Waals surface area contributed by atoms with Crippen molar-refractivity contribution in [1.29, 1.82) is 0 Å². The first-order chi connectivity index (χ1) is 10.4. The van der Waals surface area contributed by atoms with Crippen molar-refractivity contribution >= 4 is 6.01 Å². The van der Waals surface area contributed by atoms with Gasteiger partial charge in [0.15, 0.2) is 0 Å². The molecular formula is C16H11F3N2O. The van der Waals surface area contributed by atoms with Crippen LogP contribution in [0.15, 0.2) is 59.2 Å². The Balaban J connectivity index is 2.11. The summed E-state index contributed by atoms with van der Waals surface area (Å²) in [6.07, 6.45) is -3.05. The van der Waals surface area contributed by atoms with Crippen LogP contribution in [0.1, 0.15) is 5.56 Å². The van der Waals surface area contributed by atoms with Gasteiger partial charge >= 0.3 is 6.18 Å². The van der Waals surface area contributed by atoms with E-state index in [0.29, 0.717) is 16.8 Å². The molecule has 0 radical (unpaired) electrons. The fraction of sp³-hybridized carbons (Fsp3) is 0.0625. The van der Waals surface area contributed by atoms with Gasteiger partial charge in [0.1, 0.15) is 12.0 Å². The first-order valence-electron chi connectivity index (χ1n) is 6.43. The number of hydrogen-bond donors (Lipinski definition) is 1. The summed E-state index contributed by atoms with van der Waals surface area (Å²) in [7, 11) is 0. The molecule has 6 heteroatoms. The quantitative estimate of drug-likeness (QED) is 0.752. The van der Waals surface area contributed by atoms with E-state index in [2.05, 4.69) is 4.98 Å². The second-order valence-corrected chi connectivity index (χ2v) is 4.70. The molecule has 2 N–H and O–H groups in total. The number of nitrogens with zero attached hydrogens (tertiary/aromatic N) is 1. The molecule has 0 spiro atoms. The van der Waals surface area contributed by atoms with Crippen LogP contribution in [-0.4, -0.2) is 4.98 Å². The summed E-state index contributed by atoms with van der Waals surface area (Å²) in [5, 5.41) is 0. The van der Waals surface area contributed by atoms with Gasteiger partial charge in [-0.1, -0.05) is 36.4 Å². The van der Waals surface area contributed by atoms with E-state index in [0.717, 1.165) is 6.07 Å². The maximum atomic E-state index is 13.1. The molecule has 0 aliphatic rings. The molecule has 1 aromatic heterocycles. The van der Waals surface area contributed by atoms with Crippen molar-refractivity contribution in [3.05, 3.63) is 60.4 Å². The Labute approximate surface area is 124 Å². The van der Waals surface area contributed by atoms with Crippen molar-refractivity contribution in [3.63, 3.8) is 0 Å². The molecule has 0 unspecified atom stereocenters. The molecular weight excluding hydrogens is 293 g/mol. The minimum atomic E-state index is -4.41. The van der Waals surface area contributed by atoms with Crippen molar-refractivity contribution < 1.29 is 17.6 Å². The van der Waals surface area contributed by atoms with E-state index in [9.17, 15) is 13.2 Å². The van der Waals surface area contributed by atoms with E-state index in [1.165, 1.54) is 18.4 Å². The van der Waals surface area contributed by atoms with Crippen LogP contribution in [-0.2, 0) is 6.18 Å². The number of nitrogen functional groups attached to an aromatic ring is 1. The zero-order chi connectivity index (χ0) is 15.7. The Morgan fingerprint density at radius 1 is 0.955 bits per heavy atom. The third kappa shape index (κ3) is 2.67. The van der Waals surface area contributed by atoms with Gasteiger partial charge in [0.2, 0.25) is 0 Å². The molecule has 22 heavy (non-hydrogen) atoms. The van der Waals surface area contributed by atoms with Crippen LogP contribution in [0.4, 0.5) is 19.2 Å². The molecule has 0 aliphatic carbocycles. The second kappa shape index (κ2) is 5.22. The number of anilines is 1. The Kier molecular flexibility index (Phi) is 3.36. The molecule has 0 saturated heterocycles. The van der Waals surface area contributed by atoms with Gasteiger partial charge in [-0.15, -0.1) is 0 Å². The minimum Gasteiger partial charge on any atom is -0.432 e. The summed E-state index contributed by atoms with van der Waals surface area (Å²) >= 11 is 0. The highest BCUT2D eigenvalue weighted by molar-refractivity contribution is 5.73. The van der Waals surface area contributed by atoms with Gasteiger partial charge in [-0.25, -0.2) is 0 Å². The average Bonchev–Trinajstić information content (AvgIpc) is 2.93. The summed E-state index contributed by atoms with van der Waals surface area (Å²) in [6, 6.07) is 12.1. The van der Waals surface area contributed by atoms with Gasteiger partial charge in [0.05, 0.1) is 5.56 Å². The van der Waals surface area contributed by atoms with Gasteiger partial charge < -0.3 is 10.2 Å². The maximum Gasteiger partial charge on any atom is 0.417 e. The zero-order valence-corrected chi connectivity index (χ0v) is 11.3. The van der Waals surface area contributed by atoms with E-state index < -0.39 is 11.7 Å². The molecule has 0 fully saturated rings. The van der Waals surface area contributed by atoms with Crippen LogP contribution < -0.4 is 5.73 Å². The van der Waals surface area contributed by atoms with Crippen LogP contribution in [0.25, 0.3) is 22.4 Å². The number of halogens is 3. The smallest absolute Gasteiger partial charge is 0.417 e. The van der Waals surface area contributed by atoms with E-state index in [4.69, 9.17) is 10.2 Å². The lowest BCUT2D eigenvalue weighted by Gasteiger charge is -2.13. The van der Waals surface area contributed by atoms with Crippen molar-refractivity contribution in [2.24, 2.45) is 0 Å². The van der Waals surface area contributed by atoms with Crippen LogP contribution in [0.5, 0.6) is 0 Å². The Morgan fingerprint density at radius 3 is 2.36 bits per heavy atom. The maximum absolute atomic E-state index is 13.1. The lowest BCUT2D eigenvalue weighted by Crippen LogP contribution is -2.06. The molecule has 0 bridgehead atoms. The predicted octanol–water partition coefficient (Wildman–Crippen LogP) is 4.61. The monoisotopic (exact) mass is 304 g/mol. The highest BCUT2D eigenvalue weighted by Crippen LogP contribution is 2.37. The van der Waals surface area contributed by atoms with Crippen LogP contribution in [0, 0.1) is 0 Å². The van der Waals surface area contributed by atoms with Gasteiger partial charge in [-0.2, -0.15) is 18.2 Å². The summed E-state index contributed by atoms with van der Waals surface area (Å²) in [6.45, 7) is 0. The number of rotatable bonds is 2. The van der Waals surface area contributed by atoms with E-state index in [1.54, 1.807) is 30.3 Å². The molecule has 0 amide bonds. The van der Waals surface area contributed by atoms with E-state index in [-0.39, 0.29) is 11.6 Å². The molecule has 2 aromatic carbocycles. The van der Waals surface area contributed by atoms with Crippen LogP contribution in [0.3, 0.4) is 0 Å². The fourth-order valence-corrected chi connectivity index (χ4v) is 2.25. The molecule has 112 valence electrons. The van der Waals surface area contributed by atoms with E-state index in [1.807, 2.05) is 0 Å². The normalized spacial score (nSPS) is 11.6. The van der Waals surface area contributed by atoms with Crippen molar-refractivity contribution in [1.82, 2.24) is 4.98 Å². The molecule has 0 saturated carbocycles. The predicted molar refractivity (Wildman–Crippen MR) is 76.8 cm³/mol. The molecule has 3 nitrogen and oxygen atoms in total. The number of oxazole rings is 1. The summed E-state index contributed by atoms with van der Waals surface area (Å²) in [5.74, 6) is 0. The first kappa shape index (κ1) is 14.2. The number of nitrogens with two attached hydrogens (primary N) is 1. The fourth-order valence-electron chi connectivity index (χ4n) is 2.25. The number of hydrogen-bond acceptors (Lipinski definition) is 3. The van der Waals surface area contributed by atoms with E-state index >= 15 is 0 Å². The summed E-state index contributed by atoms with van der Waals surface area (Å²) < 4.78 is 44.3. The minimum absolute atomic E-state index is 0.0103. The highest BCUT2D eigenvalue weighted by atomic mass is 19.4. The third-order valence-electron chi connectivity index (χ3n) is 3.22. The van der Waals surface area contributed by atoms with Crippen LogP contribution in [0.2, 0.25) is 0 Å². The number of aromatic nitrogens is 1. The van der Waals surface area contributed by atoms with Gasteiger partial charge in [0.25, 0.3) is 6.01 Å². The Morgan fingerprint density at radius 2 is 1.68 bits per heavy atom. The largest absolute Gasteiger partial charge is 0.432 e. The molecule has 3 aromatic rings. The van der Waals surface area contributed by atoms with Crippen LogP contribution >= 0.6 is 0 Å². The molecule has 3 rings (SSSR count). The number of benzene rings is 2. The van der Waals surface area contributed by atoms with Gasteiger partial charge in [-0.05, 0) is 23.3 Å².